The first-order valence-electron chi connectivity index (χ1n) is 12.3. The number of anilines is 1. The first-order chi connectivity index (χ1) is 16.9. The van der Waals surface area contributed by atoms with Gasteiger partial charge >= 0.3 is 0 Å². The Hall–Kier alpha value is -3.26. The number of pyridine rings is 1. The largest absolute Gasteiger partial charge is 0.346 e. The minimum atomic E-state index is -0.104. The van der Waals surface area contributed by atoms with Crippen LogP contribution in [0.1, 0.15) is 53.9 Å². The zero-order chi connectivity index (χ0) is 24.9. The molecule has 1 aliphatic heterocycles. The van der Waals surface area contributed by atoms with Gasteiger partial charge in [-0.25, -0.2) is 10.4 Å². The molecule has 1 aliphatic rings. The zero-order valence-corrected chi connectivity index (χ0v) is 21.1. The Kier molecular flexibility index (Phi) is 7.80. The second-order valence-corrected chi connectivity index (χ2v) is 9.49. The van der Waals surface area contributed by atoms with Crippen molar-refractivity contribution in [2.45, 2.75) is 45.9 Å². The maximum absolute atomic E-state index is 13.5. The molecule has 3 aromatic rings. The highest BCUT2D eigenvalue weighted by Gasteiger charge is 2.29. The van der Waals surface area contributed by atoms with E-state index >= 15 is 0 Å². The number of benzene rings is 2. The summed E-state index contributed by atoms with van der Waals surface area (Å²) in [5.74, 6) is 0.730. The highest BCUT2D eigenvalue weighted by atomic mass is 16.1. The number of fused-ring (bicyclic) bond motifs is 1. The van der Waals surface area contributed by atoms with Crippen molar-refractivity contribution in [3.05, 3.63) is 82.9 Å². The molecule has 4 N–H and O–H groups in total. The van der Waals surface area contributed by atoms with Crippen LogP contribution in [0, 0.1) is 0 Å². The minimum absolute atomic E-state index is 0.0903. The van der Waals surface area contributed by atoms with Crippen molar-refractivity contribution in [2.24, 2.45) is 5.73 Å². The summed E-state index contributed by atoms with van der Waals surface area (Å²) in [6.45, 7) is 9.07. The van der Waals surface area contributed by atoms with E-state index in [0.29, 0.717) is 18.7 Å². The van der Waals surface area contributed by atoms with Crippen LogP contribution in [-0.2, 0) is 13.1 Å². The van der Waals surface area contributed by atoms with Crippen molar-refractivity contribution < 1.29 is 4.79 Å². The van der Waals surface area contributed by atoms with Crippen molar-refractivity contribution >= 4 is 11.7 Å². The molecule has 0 aliphatic carbocycles. The number of carbonyl (C=O) groups is 1. The Bertz CT molecular complexity index is 1160. The molecular formula is C28H36N6O. The number of hydrazine groups is 1. The summed E-state index contributed by atoms with van der Waals surface area (Å²) in [5.41, 5.74) is 14.7. The molecule has 2 heterocycles. The smallest absolute Gasteiger partial charge is 0.252 e. The first kappa shape index (κ1) is 24.9. The molecule has 1 aromatic heterocycles. The number of likely N-dealkylation sites (N-methyl/N-ethyl adjacent to an activating group) is 1. The molecule has 7 heteroatoms. The molecule has 0 saturated carbocycles. The van der Waals surface area contributed by atoms with Gasteiger partial charge in [-0.15, -0.1) is 0 Å². The summed E-state index contributed by atoms with van der Waals surface area (Å²) < 4.78 is 0. The number of aromatic nitrogens is 1. The lowest BCUT2D eigenvalue weighted by molar-refractivity contribution is 0.0939. The zero-order valence-electron chi connectivity index (χ0n) is 21.1. The topological polar surface area (TPSA) is 86.5 Å². The SMILES string of the molecule is CC(C)N1NCc2c(C(=O)N[C@@H](C)c3ccccc3)cc(-c3cccc(CN(C)CCN)c3)nc21. The molecule has 184 valence electrons. The monoisotopic (exact) mass is 472 g/mol. The van der Waals surface area contributed by atoms with Gasteiger partial charge in [-0.05, 0) is 51.1 Å². The molecule has 1 amide bonds. The Labute approximate surface area is 208 Å². The maximum atomic E-state index is 13.5. The molecule has 0 fully saturated rings. The van der Waals surface area contributed by atoms with Crippen molar-refractivity contribution in [2.75, 3.05) is 25.1 Å². The van der Waals surface area contributed by atoms with E-state index in [-0.39, 0.29) is 18.0 Å². The van der Waals surface area contributed by atoms with Gasteiger partial charge in [-0.3, -0.25) is 9.80 Å². The van der Waals surface area contributed by atoms with Gasteiger partial charge in [-0.2, -0.15) is 0 Å². The van der Waals surface area contributed by atoms with Crippen molar-refractivity contribution in [3.8, 4) is 11.3 Å². The molecule has 0 spiro atoms. The van der Waals surface area contributed by atoms with Crippen LogP contribution >= 0.6 is 0 Å². The third kappa shape index (κ3) is 5.70. The fourth-order valence-corrected chi connectivity index (χ4v) is 4.49. The fourth-order valence-electron chi connectivity index (χ4n) is 4.49. The molecule has 0 saturated heterocycles. The molecule has 4 rings (SSSR count). The molecule has 0 unspecified atom stereocenters. The van der Waals surface area contributed by atoms with Crippen molar-refractivity contribution in [1.82, 2.24) is 20.6 Å². The van der Waals surface area contributed by atoms with Crippen LogP contribution in [0.4, 0.5) is 5.82 Å². The van der Waals surface area contributed by atoms with Crippen LogP contribution in [0.25, 0.3) is 11.3 Å². The van der Waals surface area contributed by atoms with Crippen LogP contribution in [0.15, 0.2) is 60.7 Å². The molecule has 0 bridgehead atoms. The predicted octanol–water partition coefficient (Wildman–Crippen LogP) is 3.86. The molecule has 35 heavy (non-hydrogen) atoms. The second-order valence-electron chi connectivity index (χ2n) is 9.49. The Morgan fingerprint density at radius 2 is 1.91 bits per heavy atom. The van der Waals surface area contributed by atoms with Gasteiger partial charge in [0.25, 0.3) is 5.91 Å². The lowest BCUT2D eigenvalue weighted by Gasteiger charge is -2.23. The van der Waals surface area contributed by atoms with E-state index in [1.54, 1.807) is 0 Å². The van der Waals surface area contributed by atoms with E-state index in [4.69, 9.17) is 10.7 Å². The molecule has 1 atom stereocenters. The standard InChI is InChI=1S/C28H36N6O/c1-19(2)34-27-25(17-30-34)24(28(35)31-20(3)22-10-6-5-7-11-22)16-26(32-27)23-12-8-9-21(15-23)18-33(4)14-13-29/h5-12,15-16,19-20,30H,13-14,17-18,29H2,1-4H3,(H,31,35)/t20-/m0/s1. The quantitative estimate of drug-likeness (QED) is 0.438. The van der Waals surface area contributed by atoms with E-state index in [1.165, 1.54) is 5.56 Å². The van der Waals surface area contributed by atoms with E-state index in [0.717, 1.165) is 41.3 Å². The Morgan fingerprint density at radius 1 is 1.14 bits per heavy atom. The third-order valence-corrected chi connectivity index (χ3v) is 6.35. The van der Waals surface area contributed by atoms with Crippen LogP contribution < -0.4 is 21.5 Å². The summed E-state index contributed by atoms with van der Waals surface area (Å²) in [6.07, 6.45) is 0. The molecule has 0 radical (unpaired) electrons. The van der Waals surface area contributed by atoms with Gasteiger partial charge in [0.15, 0.2) is 0 Å². The van der Waals surface area contributed by atoms with E-state index in [9.17, 15) is 4.79 Å². The summed E-state index contributed by atoms with van der Waals surface area (Å²) in [5, 5.41) is 5.24. The Balaban J connectivity index is 1.70. The molecular weight excluding hydrogens is 436 g/mol. The lowest BCUT2D eigenvalue weighted by Crippen LogP contribution is -2.38. The van der Waals surface area contributed by atoms with Gasteiger partial charge in [0.2, 0.25) is 0 Å². The number of hydrogen-bond donors (Lipinski definition) is 3. The average molecular weight is 473 g/mol. The number of nitrogens with one attached hydrogen (secondary N) is 2. The molecule has 7 nitrogen and oxygen atoms in total. The summed E-state index contributed by atoms with van der Waals surface area (Å²) in [7, 11) is 2.07. The number of nitrogens with two attached hydrogens (primary N) is 1. The first-order valence-corrected chi connectivity index (χ1v) is 12.3. The van der Waals surface area contributed by atoms with Gasteiger partial charge in [-0.1, -0.05) is 48.5 Å². The van der Waals surface area contributed by atoms with Gasteiger partial charge in [0.1, 0.15) is 5.82 Å². The molecule has 2 aromatic carbocycles. The van der Waals surface area contributed by atoms with E-state index in [1.807, 2.05) is 49.4 Å². The average Bonchev–Trinajstić information content (AvgIpc) is 3.28. The van der Waals surface area contributed by atoms with Gasteiger partial charge < -0.3 is 16.0 Å². The Morgan fingerprint density at radius 3 is 2.63 bits per heavy atom. The van der Waals surface area contributed by atoms with Gasteiger partial charge in [0.05, 0.1) is 11.7 Å². The normalized spacial score (nSPS) is 13.9. The summed E-state index contributed by atoms with van der Waals surface area (Å²) in [6, 6.07) is 20.4. The predicted molar refractivity (Wildman–Crippen MR) is 142 cm³/mol. The number of hydrogen-bond acceptors (Lipinski definition) is 6. The maximum Gasteiger partial charge on any atom is 0.252 e. The number of nitrogens with zero attached hydrogens (tertiary/aromatic N) is 3. The highest BCUT2D eigenvalue weighted by Crippen LogP contribution is 2.32. The lowest BCUT2D eigenvalue weighted by atomic mass is 10.0. The van der Waals surface area contributed by atoms with Crippen LogP contribution in [-0.4, -0.2) is 42.0 Å². The fraction of sp³-hybridized carbons (Fsp3) is 0.357. The minimum Gasteiger partial charge on any atom is -0.346 e. The van der Waals surface area contributed by atoms with Crippen LogP contribution in [0.5, 0.6) is 0 Å². The number of amides is 1. The second kappa shape index (κ2) is 11.0. The van der Waals surface area contributed by atoms with E-state index in [2.05, 4.69) is 59.7 Å². The van der Waals surface area contributed by atoms with Crippen molar-refractivity contribution in [1.29, 1.82) is 0 Å². The van der Waals surface area contributed by atoms with Crippen LogP contribution in [0.2, 0.25) is 0 Å². The summed E-state index contributed by atoms with van der Waals surface area (Å²) >= 11 is 0. The highest BCUT2D eigenvalue weighted by molar-refractivity contribution is 5.98. The number of carbonyl (C=O) groups excluding carboxylic acids is 1. The third-order valence-electron chi connectivity index (χ3n) is 6.35. The van der Waals surface area contributed by atoms with Crippen LogP contribution in [0.3, 0.4) is 0 Å². The van der Waals surface area contributed by atoms with E-state index < -0.39 is 0 Å². The number of rotatable bonds is 9. The van der Waals surface area contributed by atoms with Gasteiger partial charge in [0, 0.05) is 48.9 Å². The van der Waals surface area contributed by atoms with Crippen molar-refractivity contribution in [3.63, 3.8) is 0 Å². The summed E-state index contributed by atoms with van der Waals surface area (Å²) in [4.78, 5) is 20.7.